The van der Waals surface area contributed by atoms with Crippen LogP contribution in [0.4, 0.5) is 24.8 Å². The van der Waals surface area contributed by atoms with Gasteiger partial charge in [-0.1, -0.05) is 41.9 Å². The van der Waals surface area contributed by atoms with Gasteiger partial charge in [0.25, 0.3) is 0 Å². The van der Waals surface area contributed by atoms with Gasteiger partial charge in [0.1, 0.15) is 11.3 Å². The van der Waals surface area contributed by atoms with Crippen molar-refractivity contribution in [2.45, 2.75) is 20.0 Å². The molecule has 0 atom stereocenters. The lowest BCUT2D eigenvalue weighted by atomic mass is 9.97. The van der Waals surface area contributed by atoms with Gasteiger partial charge in [-0.05, 0) is 35.4 Å². The predicted molar refractivity (Wildman–Crippen MR) is 182 cm³/mol. The molecule has 0 amide bonds. The van der Waals surface area contributed by atoms with Crippen molar-refractivity contribution in [3.05, 3.63) is 139 Å². The second-order valence-corrected chi connectivity index (χ2v) is 11.8. The van der Waals surface area contributed by atoms with Crippen molar-refractivity contribution in [2.24, 2.45) is 5.73 Å². The predicted octanol–water partition coefficient (Wildman–Crippen LogP) is 6.08. The van der Waals surface area contributed by atoms with E-state index >= 15 is 4.39 Å². The molecule has 7 aromatic rings. The number of nitrogens with two attached hydrogens (primary N) is 1. The van der Waals surface area contributed by atoms with Crippen molar-refractivity contribution in [3.8, 4) is 16.8 Å². The molecule has 51 heavy (non-hydrogen) atoms. The second-order valence-electron chi connectivity index (χ2n) is 11.4. The molecule has 0 spiro atoms. The van der Waals surface area contributed by atoms with E-state index in [1.807, 2.05) is 0 Å². The molecule has 16 heteroatoms. The summed E-state index contributed by atoms with van der Waals surface area (Å²) in [5.41, 5.74) is 5.37. The number of aryl methyl sites for hydroxylation is 1. The lowest BCUT2D eigenvalue weighted by Crippen LogP contribution is -2.42. The maximum absolute atomic E-state index is 15.1. The maximum atomic E-state index is 15.1. The Morgan fingerprint density at radius 3 is 2.53 bits per heavy atom. The number of nitrogens with zero attached hydrogens (tertiary/aromatic N) is 5. The zero-order valence-electron chi connectivity index (χ0n) is 26.2. The van der Waals surface area contributed by atoms with Crippen LogP contribution in [0.25, 0.3) is 38.7 Å². The minimum Gasteiger partial charge on any atom is -0.478 e. The van der Waals surface area contributed by atoms with Crippen LogP contribution >= 0.6 is 11.6 Å². The van der Waals surface area contributed by atoms with Crippen LogP contribution in [0.1, 0.15) is 27.4 Å². The van der Waals surface area contributed by atoms with Gasteiger partial charge in [-0.25, -0.2) is 37.1 Å². The number of pyridine rings is 1. The summed E-state index contributed by atoms with van der Waals surface area (Å²) in [4.78, 5) is 52.8. The van der Waals surface area contributed by atoms with E-state index in [-0.39, 0.29) is 34.1 Å². The highest BCUT2D eigenvalue weighted by Gasteiger charge is 2.24. The number of oxazole rings is 1. The molecular formula is C35H23ClF3N7O5. The Kier molecular flexibility index (Phi) is 8.36. The zero-order valence-corrected chi connectivity index (χ0v) is 27.0. The number of nitrogens with one attached hydrogen (secondary N) is 1. The first kappa shape index (κ1) is 33.2. The maximum Gasteiger partial charge on any atom is 0.359 e. The van der Waals surface area contributed by atoms with Crippen LogP contribution in [0.3, 0.4) is 0 Å². The molecule has 0 bridgehead atoms. The van der Waals surface area contributed by atoms with Crippen molar-refractivity contribution in [1.82, 2.24) is 24.1 Å². The van der Waals surface area contributed by atoms with Gasteiger partial charge in [-0.15, -0.1) is 0 Å². The van der Waals surface area contributed by atoms with E-state index < -0.39 is 52.9 Å². The number of hydrogen-bond donors (Lipinski definition) is 3. The Morgan fingerprint density at radius 1 is 1.00 bits per heavy atom. The molecule has 0 unspecified atom stereocenters. The topological polar surface area (TPSA) is 171 Å². The number of fused-ring (bicyclic) bond motifs is 2. The molecule has 0 saturated carbocycles. The number of carboxylic acids is 1. The molecule has 256 valence electrons. The average Bonchev–Trinajstić information content (AvgIpc) is 3.47. The Hall–Kier alpha value is -6.32. The largest absolute Gasteiger partial charge is 0.478 e. The first-order chi connectivity index (χ1) is 24.4. The number of carboxylic acid groups (broad SMARTS) is 1. The fraction of sp³-hybridized carbons (Fsp3) is 0.0857. The Balaban J connectivity index is 1.49. The number of anilines is 2. The molecular weight excluding hydrogens is 691 g/mol. The molecule has 0 radical (unpaired) electrons. The normalized spacial score (nSPS) is 11.4. The molecule has 0 aliphatic carbocycles. The quantitative estimate of drug-likeness (QED) is 0.157. The first-order valence-corrected chi connectivity index (χ1v) is 15.5. The smallest absolute Gasteiger partial charge is 0.359 e. The zero-order chi connectivity index (χ0) is 36.1. The highest BCUT2D eigenvalue weighted by molar-refractivity contribution is 6.34. The van der Waals surface area contributed by atoms with Gasteiger partial charge in [0, 0.05) is 47.6 Å². The molecule has 0 aliphatic rings. The lowest BCUT2D eigenvalue weighted by Gasteiger charge is -2.19. The summed E-state index contributed by atoms with van der Waals surface area (Å²) in [6.45, 7) is 0.746. The van der Waals surface area contributed by atoms with E-state index in [4.69, 9.17) is 21.8 Å². The molecule has 0 fully saturated rings. The fourth-order valence-electron chi connectivity index (χ4n) is 5.89. The number of carbonyl (C=O) groups is 1. The van der Waals surface area contributed by atoms with E-state index in [0.717, 1.165) is 4.57 Å². The van der Waals surface area contributed by atoms with Gasteiger partial charge in [0.05, 0.1) is 34.7 Å². The van der Waals surface area contributed by atoms with E-state index in [2.05, 4.69) is 20.3 Å². The third-order valence-corrected chi connectivity index (χ3v) is 8.49. The number of benzene rings is 4. The number of aromatic nitrogens is 5. The molecule has 4 aromatic carbocycles. The van der Waals surface area contributed by atoms with Crippen LogP contribution in [-0.4, -0.2) is 35.2 Å². The average molecular weight is 714 g/mol. The second kappa shape index (κ2) is 12.9. The standard InChI is InChI=1S/C35H23ClF3N7O5/c1-16-42-27-10-23(36)30(22(12-40)31(27)51-16)43-33-44-34(49)46(35(50)45(33)15-20-9-25(38)26(39)11-24(20)37)28-14-41-13-19-6-3-7-21(29(19)28)17-4-2-5-18(8-17)32(47)48/h2-11,13-14H,12,15,40H2,1H3,(H,47,48)(H,43,44,49). The molecule has 0 aliphatic heterocycles. The number of aromatic carboxylic acids is 1. The van der Waals surface area contributed by atoms with E-state index in [1.54, 1.807) is 37.3 Å². The lowest BCUT2D eigenvalue weighted by molar-refractivity contribution is 0.0697. The van der Waals surface area contributed by atoms with Gasteiger partial charge in [0.2, 0.25) is 5.95 Å². The van der Waals surface area contributed by atoms with E-state index in [1.165, 1.54) is 30.6 Å². The third kappa shape index (κ3) is 5.87. The van der Waals surface area contributed by atoms with Crippen molar-refractivity contribution in [1.29, 1.82) is 0 Å². The summed E-state index contributed by atoms with van der Waals surface area (Å²) >= 11 is 6.61. The molecule has 0 saturated heterocycles. The van der Waals surface area contributed by atoms with E-state index in [9.17, 15) is 28.3 Å². The Bertz CT molecular complexity index is 2690. The molecule has 3 heterocycles. The SMILES string of the molecule is Cc1nc2cc(Cl)c(Nc3nc(=O)n(-c4cncc5cccc(-c6cccc(C(=O)O)c6)c45)c(=O)n3Cc3cc(F)c(F)cc3F)c(CN)c2o1. The van der Waals surface area contributed by atoms with Crippen LogP contribution in [0.15, 0.2) is 87.1 Å². The number of hydrogen-bond acceptors (Lipinski definition) is 9. The van der Waals surface area contributed by atoms with Crippen LogP contribution in [0.2, 0.25) is 5.02 Å². The van der Waals surface area contributed by atoms with Gasteiger partial charge in [-0.2, -0.15) is 4.98 Å². The van der Waals surface area contributed by atoms with Crippen LogP contribution in [0, 0.1) is 24.4 Å². The highest BCUT2D eigenvalue weighted by Crippen LogP contribution is 2.36. The van der Waals surface area contributed by atoms with Crippen LogP contribution in [0.5, 0.6) is 0 Å². The van der Waals surface area contributed by atoms with Gasteiger partial charge < -0.3 is 20.6 Å². The fourth-order valence-corrected chi connectivity index (χ4v) is 6.15. The summed E-state index contributed by atoms with van der Waals surface area (Å²) in [5, 5.41) is 13.3. The summed E-state index contributed by atoms with van der Waals surface area (Å²) in [6.07, 6.45) is 2.74. The molecule has 12 nitrogen and oxygen atoms in total. The molecule has 3 aromatic heterocycles. The number of halogens is 4. The summed E-state index contributed by atoms with van der Waals surface area (Å²) in [5.74, 6) is -5.28. The van der Waals surface area contributed by atoms with Crippen LogP contribution in [-0.2, 0) is 13.1 Å². The van der Waals surface area contributed by atoms with Crippen molar-refractivity contribution in [2.75, 3.05) is 5.32 Å². The summed E-state index contributed by atoms with van der Waals surface area (Å²) in [7, 11) is 0. The Labute approximate surface area is 289 Å². The van der Waals surface area contributed by atoms with Gasteiger partial charge in [-0.3, -0.25) is 9.55 Å². The van der Waals surface area contributed by atoms with E-state index in [0.29, 0.717) is 55.6 Å². The minimum atomic E-state index is -1.44. The van der Waals surface area contributed by atoms with Crippen molar-refractivity contribution < 1.29 is 27.5 Å². The Morgan fingerprint density at radius 2 is 1.76 bits per heavy atom. The third-order valence-electron chi connectivity index (χ3n) is 8.19. The highest BCUT2D eigenvalue weighted by atomic mass is 35.5. The van der Waals surface area contributed by atoms with Crippen LogP contribution < -0.4 is 22.4 Å². The summed E-state index contributed by atoms with van der Waals surface area (Å²) < 4.78 is 50.6. The van der Waals surface area contributed by atoms with Crippen molar-refractivity contribution >= 4 is 51.1 Å². The first-order valence-electron chi connectivity index (χ1n) is 15.1. The minimum absolute atomic E-state index is 0.000491. The molecule has 7 rings (SSSR count). The van der Waals surface area contributed by atoms with Gasteiger partial charge in [0.15, 0.2) is 23.1 Å². The summed E-state index contributed by atoms with van der Waals surface area (Å²) in [6, 6.07) is 13.5. The van der Waals surface area contributed by atoms with Crippen molar-refractivity contribution in [3.63, 3.8) is 0 Å². The monoisotopic (exact) mass is 713 g/mol. The number of rotatable bonds is 8. The molecule has 4 N–H and O–H groups in total. The van der Waals surface area contributed by atoms with Gasteiger partial charge >= 0.3 is 17.3 Å².